The molecule has 0 unspecified atom stereocenters. The number of ether oxygens (including phenoxy) is 2. The highest BCUT2D eigenvalue weighted by molar-refractivity contribution is 5.95. The van der Waals surface area contributed by atoms with Crippen LogP contribution >= 0.6 is 0 Å². The van der Waals surface area contributed by atoms with Crippen LogP contribution in [0.3, 0.4) is 0 Å². The molecule has 0 aliphatic carbocycles. The maximum Gasteiger partial charge on any atom is 0.271 e. The van der Waals surface area contributed by atoms with Crippen molar-refractivity contribution in [1.82, 2.24) is 5.43 Å². The van der Waals surface area contributed by atoms with Crippen LogP contribution in [0.2, 0.25) is 0 Å². The molecule has 0 aliphatic heterocycles. The molecule has 1 amide bonds. The molecule has 0 bridgehead atoms. The van der Waals surface area contributed by atoms with E-state index in [0.29, 0.717) is 24.5 Å². The Morgan fingerprint density at radius 3 is 2.30 bits per heavy atom. The van der Waals surface area contributed by atoms with E-state index in [1.54, 1.807) is 18.3 Å². The maximum absolute atomic E-state index is 12.1. The molecule has 3 aromatic rings. The Hall–Kier alpha value is -3.60. The number of rotatable bonds is 9. The van der Waals surface area contributed by atoms with Crippen molar-refractivity contribution in [2.24, 2.45) is 5.10 Å². The number of carbonyl (C=O) groups is 1. The third-order valence-corrected chi connectivity index (χ3v) is 4.53. The Bertz CT molecular complexity index is 980. The smallest absolute Gasteiger partial charge is 0.271 e. The van der Waals surface area contributed by atoms with Gasteiger partial charge in [-0.05, 0) is 49.2 Å². The van der Waals surface area contributed by atoms with Gasteiger partial charge in [-0.1, -0.05) is 48.5 Å². The first kappa shape index (κ1) is 21.1. The summed E-state index contributed by atoms with van der Waals surface area (Å²) in [6.07, 6.45) is 2.34. The topological polar surface area (TPSA) is 59.9 Å². The number of aryl methyl sites for hydroxylation is 2. The van der Waals surface area contributed by atoms with Crippen LogP contribution in [0.5, 0.6) is 11.5 Å². The van der Waals surface area contributed by atoms with Crippen LogP contribution < -0.4 is 14.9 Å². The van der Waals surface area contributed by atoms with E-state index in [1.165, 1.54) is 0 Å². The minimum absolute atomic E-state index is 0.256. The quantitative estimate of drug-likeness (QED) is 0.314. The highest BCUT2D eigenvalue weighted by Crippen LogP contribution is 2.22. The molecule has 0 atom stereocenters. The molecule has 0 aliphatic rings. The van der Waals surface area contributed by atoms with Crippen LogP contribution in [0.15, 0.2) is 77.9 Å². The molecule has 0 aromatic heterocycles. The molecule has 0 saturated carbocycles. The molecular weight excluding hydrogens is 376 g/mol. The van der Waals surface area contributed by atoms with Gasteiger partial charge in [-0.25, -0.2) is 5.43 Å². The predicted molar refractivity (Wildman–Crippen MR) is 119 cm³/mol. The van der Waals surface area contributed by atoms with E-state index in [0.717, 1.165) is 28.9 Å². The second-order valence-electron chi connectivity index (χ2n) is 6.87. The molecule has 3 aromatic carbocycles. The van der Waals surface area contributed by atoms with Gasteiger partial charge in [-0.15, -0.1) is 0 Å². The predicted octanol–water partition coefficient (Wildman–Crippen LogP) is 4.92. The summed E-state index contributed by atoms with van der Waals surface area (Å²) in [4.78, 5) is 12.1. The Kier molecular flexibility index (Phi) is 7.61. The van der Waals surface area contributed by atoms with Crippen molar-refractivity contribution in [1.29, 1.82) is 0 Å². The van der Waals surface area contributed by atoms with Gasteiger partial charge in [0.1, 0.15) is 11.5 Å². The summed E-state index contributed by atoms with van der Waals surface area (Å²) in [6.45, 7) is 5.19. The van der Waals surface area contributed by atoms with Gasteiger partial charge in [-0.3, -0.25) is 4.79 Å². The van der Waals surface area contributed by atoms with Crippen molar-refractivity contribution in [3.05, 3.63) is 95.1 Å². The van der Waals surface area contributed by atoms with Gasteiger partial charge < -0.3 is 9.47 Å². The Morgan fingerprint density at radius 1 is 0.867 bits per heavy atom. The molecule has 0 fully saturated rings. The summed E-state index contributed by atoms with van der Waals surface area (Å²) in [6, 6.07) is 22.7. The first-order valence-electron chi connectivity index (χ1n) is 9.94. The fraction of sp³-hybridized carbons (Fsp3) is 0.200. The summed E-state index contributed by atoms with van der Waals surface area (Å²) in [5.74, 6) is 1.40. The summed E-state index contributed by atoms with van der Waals surface area (Å²) >= 11 is 0. The van der Waals surface area contributed by atoms with E-state index in [4.69, 9.17) is 9.47 Å². The standard InChI is InChI=1S/C25H26N2O3/c1-19-10-8-11-20(2)24(19)30-17-9-16-29-23-15-7-6-14-22(23)18-26-27-25(28)21-12-4-3-5-13-21/h3-8,10-15,18H,9,16-17H2,1-2H3,(H,27,28)/b26-18-. The van der Waals surface area contributed by atoms with Crippen molar-refractivity contribution in [3.63, 3.8) is 0 Å². The van der Waals surface area contributed by atoms with Crippen molar-refractivity contribution in [3.8, 4) is 11.5 Å². The summed E-state index contributed by atoms with van der Waals surface area (Å²) in [5, 5.41) is 4.05. The van der Waals surface area contributed by atoms with Crippen LogP contribution in [0.1, 0.15) is 33.5 Å². The molecule has 0 spiro atoms. The zero-order valence-corrected chi connectivity index (χ0v) is 17.3. The normalized spacial score (nSPS) is 10.7. The number of benzene rings is 3. The monoisotopic (exact) mass is 402 g/mol. The number of amides is 1. The van der Waals surface area contributed by atoms with Gasteiger partial charge in [0.2, 0.25) is 0 Å². The average Bonchev–Trinajstić information content (AvgIpc) is 2.77. The Balaban J connectivity index is 1.48. The van der Waals surface area contributed by atoms with E-state index in [-0.39, 0.29) is 5.91 Å². The van der Waals surface area contributed by atoms with E-state index >= 15 is 0 Å². The van der Waals surface area contributed by atoms with Gasteiger partial charge >= 0.3 is 0 Å². The average molecular weight is 402 g/mol. The lowest BCUT2D eigenvalue weighted by Gasteiger charge is -2.13. The van der Waals surface area contributed by atoms with Crippen LogP contribution in [0.25, 0.3) is 0 Å². The molecule has 0 saturated heterocycles. The Morgan fingerprint density at radius 2 is 1.53 bits per heavy atom. The number of carbonyl (C=O) groups excluding carboxylic acids is 1. The fourth-order valence-electron chi connectivity index (χ4n) is 2.98. The van der Waals surface area contributed by atoms with Crippen LogP contribution in [0, 0.1) is 13.8 Å². The molecule has 154 valence electrons. The molecule has 0 radical (unpaired) electrons. The second-order valence-corrected chi connectivity index (χ2v) is 6.87. The number of hydrogen-bond acceptors (Lipinski definition) is 4. The van der Waals surface area contributed by atoms with Crippen molar-refractivity contribution >= 4 is 12.1 Å². The van der Waals surface area contributed by atoms with Gasteiger partial charge in [0.05, 0.1) is 19.4 Å². The number of hydrazone groups is 1. The minimum atomic E-state index is -0.256. The molecule has 30 heavy (non-hydrogen) atoms. The highest BCUT2D eigenvalue weighted by atomic mass is 16.5. The molecule has 5 heteroatoms. The number of para-hydroxylation sites is 2. The van der Waals surface area contributed by atoms with E-state index in [1.807, 2.05) is 74.5 Å². The van der Waals surface area contributed by atoms with Crippen molar-refractivity contribution < 1.29 is 14.3 Å². The Labute approximate surface area is 177 Å². The lowest BCUT2D eigenvalue weighted by atomic mass is 10.1. The minimum Gasteiger partial charge on any atom is -0.493 e. The van der Waals surface area contributed by atoms with E-state index < -0.39 is 0 Å². The third-order valence-electron chi connectivity index (χ3n) is 4.53. The van der Waals surface area contributed by atoms with E-state index in [2.05, 4.69) is 10.5 Å². The SMILES string of the molecule is Cc1cccc(C)c1OCCCOc1ccccc1/C=N\NC(=O)c1ccccc1. The fourth-order valence-corrected chi connectivity index (χ4v) is 2.98. The number of hydrogen-bond donors (Lipinski definition) is 1. The van der Waals surface area contributed by atoms with E-state index in [9.17, 15) is 4.79 Å². The maximum atomic E-state index is 12.1. The van der Waals surface area contributed by atoms with Gasteiger partial charge in [0, 0.05) is 17.5 Å². The second kappa shape index (κ2) is 10.8. The summed E-state index contributed by atoms with van der Waals surface area (Å²) < 4.78 is 11.8. The number of nitrogens with one attached hydrogen (secondary N) is 1. The molecule has 1 N–H and O–H groups in total. The van der Waals surface area contributed by atoms with Crippen LogP contribution in [-0.4, -0.2) is 25.3 Å². The van der Waals surface area contributed by atoms with Gasteiger partial charge in [-0.2, -0.15) is 5.10 Å². The van der Waals surface area contributed by atoms with Gasteiger partial charge in [0.25, 0.3) is 5.91 Å². The zero-order valence-electron chi connectivity index (χ0n) is 17.3. The number of nitrogens with zero attached hydrogens (tertiary/aromatic N) is 1. The highest BCUT2D eigenvalue weighted by Gasteiger charge is 2.05. The first-order chi connectivity index (χ1) is 14.6. The lowest BCUT2D eigenvalue weighted by molar-refractivity contribution is 0.0955. The molecule has 3 rings (SSSR count). The molecule has 5 nitrogen and oxygen atoms in total. The first-order valence-corrected chi connectivity index (χ1v) is 9.94. The largest absolute Gasteiger partial charge is 0.493 e. The van der Waals surface area contributed by atoms with Gasteiger partial charge in [0.15, 0.2) is 0 Å². The molecular formula is C25H26N2O3. The summed E-state index contributed by atoms with van der Waals surface area (Å²) in [5.41, 5.74) is 6.15. The summed E-state index contributed by atoms with van der Waals surface area (Å²) in [7, 11) is 0. The van der Waals surface area contributed by atoms with Crippen LogP contribution in [-0.2, 0) is 0 Å². The van der Waals surface area contributed by atoms with Crippen molar-refractivity contribution in [2.75, 3.05) is 13.2 Å². The molecule has 0 heterocycles. The lowest BCUT2D eigenvalue weighted by Crippen LogP contribution is -2.17. The third kappa shape index (κ3) is 5.95. The van der Waals surface area contributed by atoms with Crippen molar-refractivity contribution in [2.45, 2.75) is 20.3 Å². The van der Waals surface area contributed by atoms with Crippen LogP contribution in [0.4, 0.5) is 0 Å². The zero-order chi connectivity index (χ0) is 21.2.